The van der Waals surface area contributed by atoms with Gasteiger partial charge in [0, 0.05) is 21.8 Å². The van der Waals surface area contributed by atoms with E-state index in [1.165, 1.54) is 0 Å². The molecule has 1 aliphatic rings. The molecule has 0 saturated heterocycles. The second kappa shape index (κ2) is 6.25. The minimum absolute atomic E-state index is 0.0179. The minimum atomic E-state index is -4.15. The Kier molecular flexibility index (Phi) is 4.81. The number of carbonyl (C=O) groups is 1. The quantitative estimate of drug-likeness (QED) is 0.767. The average molecular weight is 365 g/mol. The van der Waals surface area contributed by atoms with Crippen LogP contribution in [0.4, 0.5) is 24.5 Å². The Balaban J connectivity index is 1.92. The zero-order valence-electron chi connectivity index (χ0n) is 11.2. The monoisotopic (exact) mass is 364 g/mol. The van der Waals surface area contributed by atoms with Crippen LogP contribution in [0.1, 0.15) is 25.7 Å². The van der Waals surface area contributed by atoms with Gasteiger partial charge in [-0.05, 0) is 59.8 Å². The highest BCUT2D eigenvalue weighted by molar-refractivity contribution is 9.10. The Hall–Kier alpha value is -1.24. The third-order valence-corrected chi connectivity index (χ3v) is 4.55. The van der Waals surface area contributed by atoms with Crippen molar-refractivity contribution in [2.24, 2.45) is 11.8 Å². The SMILES string of the molecule is Nc1cc(NC(=O)C2CCC(C(F)(F)F)CC2)ccc1Br. The first-order valence-corrected chi connectivity index (χ1v) is 7.49. The van der Waals surface area contributed by atoms with Crippen LogP contribution in [0.5, 0.6) is 0 Å². The lowest BCUT2D eigenvalue weighted by Crippen LogP contribution is -2.32. The second-order valence-corrected chi connectivity index (χ2v) is 6.17. The van der Waals surface area contributed by atoms with E-state index in [0.717, 1.165) is 4.47 Å². The molecule has 1 aliphatic carbocycles. The third-order valence-electron chi connectivity index (χ3n) is 3.82. The summed E-state index contributed by atoms with van der Waals surface area (Å²) in [5, 5.41) is 2.71. The molecule has 1 saturated carbocycles. The van der Waals surface area contributed by atoms with E-state index < -0.39 is 12.1 Å². The van der Waals surface area contributed by atoms with Crippen LogP contribution in [0.25, 0.3) is 0 Å². The van der Waals surface area contributed by atoms with Crippen molar-refractivity contribution in [1.82, 2.24) is 0 Å². The Bertz CT molecular complexity index is 525. The molecule has 0 heterocycles. The number of halogens is 4. The van der Waals surface area contributed by atoms with Crippen molar-refractivity contribution in [1.29, 1.82) is 0 Å². The van der Waals surface area contributed by atoms with Crippen LogP contribution >= 0.6 is 15.9 Å². The van der Waals surface area contributed by atoms with Crippen LogP contribution in [-0.4, -0.2) is 12.1 Å². The number of alkyl halides is 3. The summed E-state index contributed by atoms with van der Waals surface area (Å²) in [5.41, 5.74) is 6.77. The summed E-state index contributed by atoms with van der Waals surface area (Å²) in [5.74, 6) is -1.88. The van der Waals surface area contributed by atoms with Gasteiger partial charge in [-0.25, -0.2) is 0 Å². The molecule has 2 rings (SSSR count). The van der Waals surface area contributed by atoms with Gasteiger partial charge in [-0.3, -0.25) is 4.79 Å². The van der Waals surface area contributed by atoms with Gasteiger partial charge in [0.05, 0.1) is 5.92 Å². The predicted molar refractivity (Wildman–Crippen MR) is 78.7 cm³/mol. The molecule has 0 atom stereocenters. The van der Waals surface area contributed by atoms with Gasteiger partial charge in [0.2, 0.25) is 5.91 Å². The molecule has 3 N–H and O–H groups in total. The van der Waals surface area contributed by atoms with Crippen molar-refractivity contribution in [2.45, 2.75) is 31.9 Å². The summed E-state index contributed by atoms with van der Waals surface area (Å²) in [6.07, 6.45) is -3.58. The number of nitrogens with two attached hydrogens (primary N) is 1. The minimum Gasteiger partial charge on any atom is -0.398 e. The number of hydrogen-bond donors (Lipinski definition) is 2. The maximum Gasteiger partial charge on any atom is 0.391 e. The molecule has 0 spiro atoms. The van der Waals surface area contributed by atoms with Crippen LogP contribution in [0, 0.1) is 11.8 Å². The Morgan fingerprint density at radius 3 is 2.38 bits per heavy atom. The Morgan fingerprint density at radius 1 is 1.24 bits per heavy atom. The van der Waals surface area contributed by atoms with E-state index in [1.54, 1.807) is 18.2 Å². The van der Waals surface area contributed by atoms with Gasteiger partial charge in [0.1, 0.15) is 0 Å². The number of nitrogen functional groups attached to an aromatic ring is 1. The van der Waals surface area contributed by atoms with Crippen molar-refractivity contribution >= 4 is 33.2 Å². The highest BCUT2D eigenvalue weighted by Crippen LogP contribution is 2.39. The molecule has 1 aromatic carbocycles. The summed E-state index contributed by atoms with van der Waals surface area (Å²) in [7, 11) is 0. The summed E-state index contributed by atoms with van der Waals surface area (Å²) in [6, 6.07) is 5.02. The fraction of sp³-hybridized carbons (Fsp3) is 0.500. The molecule has 1 amide bonds. The number of rotatable bonds is 2. The molecule has 1 fully saturated rings. The summed E-state index contributed by atoms with van der Waals surface area (Å²) in [6.45, 7) is 0. The van der Waals surface area contributed by atoms with Crippen molar-refractivity contribution in [3.63, 3.8) is 0 Å². The molecule has 0 radical (unpaired) electrons. The summed E-state index contributed by atoms with van der Waals surface area (Å²) >= 11 is 3.25. The topological polar surface area (TPSA) is 55.1 Å². The van der Waals surface area contributed by atoms with E-state index in [4.69, 9.17) is 5.73 Å². The molecule has 1 aromatic rings. The fourth-order valence-corrected chi connectivity index (χ4v) is 2.80. The normalized spacial score (nSPS) is 22.9. The first kappa shape index (κ1) is 16.1. The summed E-state index contributed by atoms with van der Waals surface area (Å²) in [4.78, 5) is 12.1. The van der Waals surface area contributed by atoms with Crippen molar-refractivity contribution in [3.05, 3.63) is 22.7 Å². The highest BCUT2D eigenvalue weighted by Gasteiger charge is 2.42. The number of benzene rings is 1. The van der Waals surface area contributed by atoms with Crippen molar-refractivity contribution < 1.29 is 18.0 Å². The molecule has 7 heteroatoms. The van der Waals surface area contributed by atoms with Crippen LogP contribution in [0.15, 0.2) is 22.7 Å². The molecule has 116 valence electrons. The average Bonchev–Trinajstić information content (AvgIpc) is 2.42. The van der Waals surface area contributed by atoms with Gasteiger partial charge < -0.3 is 11.1 Å². The molecule has 0 unspecified atom stereocenters. The molecule has 21 heavy (non-hydrogen) atoms. The highest BCUT2D eigenvalue weighted by atomic mass is 79.9. The number of carbonyl (C=O) groups excluding carboxylic acids is 1. The van der Waals surface area contributed by atoms with E-state index in [-0.39, 0.29) is 37.5 Å². The smallest absolute Gasteiger partial charge is 0.391 e. The number of hydrogen-bond acceptors (Lipinski definition) is 2. The molecule has 0 aliphatic heterocycles. The number of anilines is 2. The maximum atomic E-state index is 12.6. The van der Waals surface area contributed by atoms with Gasteiger partial charge >= 0.3 is 6.18 Å². The fourth-order valence-electron chi connectivity index (χ4n) is 2.55. The molecular formula is C14H16BrF3N2O. The maximum absolute atomic E-state index is 12.6. The standard InChI is InChI=1S/C14H16BrF3N2O/c15-11-6-5-10(7-12(11)19)20-13(21)8-1-3-9(4-2-8)14(16,17)18/h5-9H,1-4,19H2,(H,20,21). The van der Waals surface area contributed by atoms with Gasteiger partial charge in [0.25, 0.3) is 0 Å². The van der Waals surface area contributed by atoms with Crippen LogP contribution < -0.4 is 11.1 Å². The zero-order chi connectivity index (χ0) is 15.6. The molecule has 0 bridgehead atoms. The van der Waals surface area contributed by atoms with Crippen LogP contribution in [0.2, 0.25) is 0 Å². The Labute approximate surface area is 129 Å². The lowest BCUT2D eigenvalue weighted by Gasteiger charge is -2.29. The molecule has 0 aromatic heterocycles. The first-order chi connectivity index (χ1) is 9.77. The van der Waals surface area contributed by atoms with E-state index in [2.05, 4.69) is 21.2 Å². The lowest BCUT2D eigenvalue weighted by molar-refractivity contribution is -0.184. The van der Waals surface area contributed by atoms with Gasteiger partial charge in [0.15, 0.2) is 0 Å². The van der Waals surface area contributed by atoms with E-state index in [1.807, 2.05) is 0 Å². The number of nitrogens with one attached hydrogen (secondary N) is 1. The van der Waals surface area contributed by atoms with Crippen molar-refractivity contribution in [3.8, 4) is 0 Å². The van der Waals surface area contributed by atoms with E-state index in [0.29, 0.717) is 11.4 Å². The zero-order valence-corrected chi connectivity index (χ0v) is 12.8. The number of amides is 1. The molecule has 3 nitrogen and oxygen atoms in total. The summed E-state index contributed by atoms with van der Waals surface area (Å²) < 4.78 is 38.5. The van der Waals surface area contributed by atoms with Crippen LogP contribution in [-0.2, 0) is 4.79 Å². The first-order valence-electron chi connectivity index (χ1n) is 6.70. The lowest BCUT2D eigenvalue weighted by atomic mass is 9.81. The van der Waals surface area contributed by atoms with Crippen LogP contribution in [0.3, 0.4) is 0 Å². The largest absolute Gasteiger partial charge is 0.398 e. The van der Waals surface area contributed by atoms with Gasteiger partial charge in [-0.15, -0.1) is 0 Å². The second-order valence-electron chi connectivity index (χ2n) is 5.32. The van der Waals surface area contributed by atoms with Crippen molar-refractivity contribution in [2.75, 3.05) is 11.1 Å². The predicted octanol–water partition coefficient (Wildman–Crippen LogP) is 4.34. The van der Waals surface area contributed by atoms with Gasteiger partial charge in [-0.2, -0.15) is 13.2 Å². The Morgan fingerprint density at radius 2 is 1.86 bits per heavy atom. The van der Waals surface area contributed by atoms with E-state index >= 15 is 0 Å². The molecular weight excluding hydrogens is 349 g/mol. The third kappa shape index (κ3) is 4.12. The van der Waals surface area contributed by atoms with E-state index in [9.17, 15) is 18.0 Å². The van der Waals surface area contributed by atoms with Gasteiger partial charge in [-0.1, -0.05) is 0 Å².